The van der Waals surface area contributed by atoms with Crippen LogP contribution in [-0.4, -0.2) is 32.8 Å². The first kappa shape index (κ1) is 18.1. The maximum absolute atomic E-state index is 12.0. The second-order valence-electron chi connectivity index (χ2n) is 5.18. The van der Waals surface area contributed by atoms with Crippen molar-refractivity contribution in [1.82, 2.24) is 0 Å². The predicted octanol–water partition coefficient (Wildman–Crippen LogP) is 3.72. The van der Waals surface area contributed by atoms with Crippen LogP contribution in [0.2, 0.25) is 5.02 Å². The number of halogens is 1. The Labute approximate surface area is 146 Å². The van der Waals surface area contributed by atoms with Crippen LogP contribution in [0.3, 0.4) is 0 Å². The standard InChI is InChI=1S/C18H21ClN2O3/c1-13-16(19)4-3-5-17(13)20-12-18(22)21-14-6-8-15(9-7-14)24-11-10-23-2/h3-9,20H,10-12H2,1-2H3,(H,21,22). The average Bonchev–Trinajstić information content (AvgIpc) is 2.58. The number of carbonyl (C=O) groups is 1. The number of anilines is 2. The topological polar surface area (TPSA) is 59.6 Å². The summed E-state index contributed by atoms with van der Waals surface area (Å²) in [6.45, 7) is 3.09. The Kier molecular flexibility index (Phi) is 6.90. The van der Waals surface area contributed by atoms with E-state index in [9.17, 15) is 4.79 Å². The van der Waals surface area contributed by atoms with Gasteiger partial charge in [-0.3, -0.25) is 4.79 Å². The van der Waals surface area contributed by atoms with Gasteiger partial charge < -0.3 is 20.1 Å². The van der Waals surface area contributed by atoms with Gasteiger partial charge in [-0.2, -0.15) is 0 Å². The molecule has 2 aromatic carbocycles. The minimum absolute atomic E-state index is 0.137. The SMILES string of the molecule is COCCOc1ccc(NC(=O)CNc2cccc(Cl)c2C)cc1. The Morgan fingerprint density at radius 3 is 2.58 bits per heavy atom. The van der Waals surface area contributed by atoms with Gasteiger partial charge >= 0.3 is 0 Å². The molecule has 0 aliphatic carbocycles. The van der Waals surface area contributed by atoms with Crippen molar-refractivity contribution in [3.63, 3.8) is 0 Å². The van der Waals surface area contributed by atoms with Gasteiger partial charge in [0.25, 0.3) is 0 Å². The van der Waals surface area contributed by atoms with E-state index in [1.165, 1.54) is 0 Å². The number of methoxy groups -OCH3 is 1. The van der Waals surface area contributed by atoms with Crippen LogP contribution >= 0.6 is 11.6 Å². The van der Waals surface area contributed by atoms with Crippen LogP contribution in [0.25, 0.3) is 0 Å². The molecule has 24 heavy (non-hydrogen) atoms. The van der Waals surface area contributed by atoms with Gasteiger partial charge in [0, 0.05) is 23.5 Å². The van der Waals surface area contributed by atoms with Crippen molar-refractivity contribution in [3.05, 3.63) is 53.1 Å². The third kappa shape index (κ3) is 5.44. The number of hydrogen-bond acceptors (Lipinski definition) is 4. The molecule has 0 atom stereocenters. The summed E-state index contributed by atoms with van der Waals surface area (Å²) >= 11 is 6.06. The van der Waals surface area contributed by atoms with Crippen LogP contribution in [-0.2, 0) is 9.53 Å². The highest BCUT2D eigenvalue weighted by Gasteiger charge is 2.05. The fraction of sp³-hybridized carbons (Fsp3) is 0.278. The number of nitrogens with one attached hydrogen (secondary N) is 2. The van der Waals surface area contributed by atoms with Crippen LogP contribution in [0.4, 0.5) is 11.4 Å². The fourth-order valence-electron chi connectivity index (χ4n) is 2.06. The van der Waals surface area contributed by atoms with E-state index in [4.69, 9.17) is 21.1 Å². The van der Waals surface area contributed by atoms with Gasteiger partial charge in [0.05, 0.1) is 13.2 Å². The molecule has 0 aromatic heterocycles. The molecule has 2 rings (SSSR count). The zero-order valence-corrected chi connectivity index (χ0v) is 14.5. The third-order valence-corrected chi connectivity index (χ3v) is 3.81. The van der Waals surface area contributed by atoms with E-state index in [1.54, 1.807) is 31.4 Å². The number of carbonyl (C=O) groups excluding carboxylic acids is 1. The fourth-order valence-corrected chi connectivity index (χ4v) is 2.23. The maximum Gasteiger partial charge on any atom is 0.243 e. The van der Waals surface area contributed by atoms with E-state index in [2.05, 4.69) is 10.6 Å². The van der Waals surface area contributed by atoms with Gasteiger partial charge in [-0.1, -0.05) is 17.7 Å². The summed E-state index contributed by atoms with van der Waals surface area (Å²) in [7, 11) is 1.63. The summed E-state index contributed by atoms with van der Waals surface area (Å²) in [5, 5.41) is 6.58. The van der Waals surface area contributed by atoms with E-state index in [-0.39, 0.29) is 12.5 Å². The lowest BCUT2D eigenvalue weighted by Crippen LogP contribution is -2.22. The largest absolute Gasteiger partial charge is 0.491 e. The molecule has 0 saturated carbocycles. The van der Waals surface area contributed by atoms with Crippen LogP contribution in [0.15, 0.2) is 42.5 Å². The molecule has 0 unspecified atom stereocenters. The number of benzene rings is 2. The van der Waals surface area contributed by atoms with Crippen molar-refractivity contribution in [2.24, 2.45) is 0 Å². The van der Waals surface area contributed by atoms with E-state index in [1.807, 2.05) is 25.1 Å². The maximum atomic E-state index is 12.0. The Morgan fingerprint density at radius 1 is 1.12 bits per heavy atom. The summed E-state index contributed by atoms with van der Waals surface area (Å²) in [6, 6.07) is 12.8. The van der Waals surface area contributed by atoms with Crippen molar-refractivity contribution in [2.45, 2.75) is 6.92 Å². The zero-order chi connectivity index (χ0) is 17.4. The highest BCUT2D eigenvalue weighted by atomic mass is 35.5. The van der Waals surface area contributed by atoms with Gasteiger partial charge in [0.1, 0.15) is 12.4 Å². The molecule has 0 radical (unpaired) electrons. The molecule has 0 aliphatic heterocycles. The van der Waals surface area contributed by atoms with E-state index >= 15 is 0 Å². The second kappa shape index (κ2) is 9.15. The first-order chi connectivity index (χ1) is 11.6. The lowest BCUT2D eigenvalue weighted by atomic mass is 10.2. The predicted molar refractivity (Wildman–Crippen MR) is 97.1 cm³/mol. The molecule has 0 spiro atoms. The molecule has 5 nitrogen and oxygen atoms in total. The van der Waals surface area contributed by atoms with Crippen LogP contribution in [0, 0.1) is 6.92 Å². The third-order valence-electron chi connectivity index (χ3n) is 3.40. The Morgan fingerprint density at radius 2 is 1.88 bits per heavy atom. The quantitative estimate of drug-likeness (QED) is 0.714. The zero-order valence-electron chi connectivity index (χ0n) is 13.8. The van der Waals surface area contributed by atoms with Crippen LogP contribution in [0.5, 0.6) is 5.75 Å². The van der Waals surface area contributed by atoms with Crippen LogP contribution in [0.1, 0.15) is 5.56 Å². The molecule has 6 heteroatoms. The van der Waals surface area contributed by atoms with E-state index in [0.29, 0.717) is 23.9 Å². The molecular weight excluding hydrogens is 328 g/mol. The summed E-state index contributed by atoms with van der Waals surface area (Å²) < 4.78 is 10.4. The number of ether oxygens (including phenoxy) is 2. The summed E-state index contributed by atoms with van der Waals surface area (Å²) in [5.41, 5.74) is 2.48. The van der Waals surface area contributed by atoms with Crippen molar-refractivity contribution < 1.29 is 14.3 Å². The normalized spacial score (nSPS) is 10.3. The van der Waals surface area contributed by atoms with Crippen molar-refractivity contribution in [2.75, 3.05) is 37.5 Å². The Hall–Kier alpha value is -2.24. The number of amides is 1. The Balaban J connectivity index is 1.82. The average molecular weight is 349 g/mol. The molecule has 0 fully saturated rings. The lowest BCUT2D eigenvalue weighted by Gasteiger charge is -2.11. The highest BCUT2D eigenvalue weighted by molar-refractivity contribution is 6.31. The minimum atomic E-state index is -0.137. The van der Waals surface area contributed by atoms with Crippen molar-refractivity contribution in [1.29, 1.82) is 0 Å². The molecule has 128 valence electrons. The van der Waals surface area contributed by atoms with E-state index in [0.717, 1.165) is 17.0 Å². The van der Waals surface area contributed by atoms with Gasteiger partial charge in [-0.15, -0.1) is 0 Å². The molecule has 0 bridgehead atoms. The van der Waals surface area contributed by atoms with Gasteiger partial charge in [0.2, 0.25) is 5.91 Å². The van der Waals surface area contributed by atoms with Gasteiger partial charge in [-0.25, -0.2) is 0 Å². The molecule has 2 N–H and O–H groups in total. The molecule has 0 heterocycles. The first-order valence-corrected chi connectivity index (χ1v) is 7.98. The minimum Gasteiger partial charge on any atom is -0.491 e. The van der Waals surface area contributed by atoms with Gasteiger partial charge in [-0.05, 0) is 48.9 Å². The summed E-state index contributed by atoms with van der Waals surface area (Å²) in [5.74, 6) is 0.597. The molecule has 0 aliphatic rings. The van der Waals surface area contributed by atoms with Gasteiger partial charge in [0.15, 0.2) is 0 Å². The monoisotopic (exact) mass is 348 g/mol. The second-order valence-corrected chi connectivity index (χ2v) is 5.59. The molecule has 0 saturated heterocycles. The summed E-state index contributed by atoms with van der Waals surface area (Å²) in [4.78, 5) is 12.0. The van der Waals surface area contributed by atoms with Crippen molar-refractivity contribution >= 4 is 28.9 Å². The summed E-state index contributed by atoms with van der Waals surface area (Å²) in [6.07, 6.45) is 0. The lowest BCUT2D eigenvalue weighted by molar-refractivity contribution is -0.114. The first-order valence-electron chi connectivity index (χ1n) is 7.61. The smallest absolute Gasteiger partial charge is 0.243 e. The number of rotatable bonds is 8. The highest BCUT2D eigenvalue weighted by Crippen LogP contribution is 2.22. The van der Waals surface area contributed by atoms with Crippen molar-refractivity contribution in [3.8, 4) is 5.75 Å². The Bertz CT molecular complexity index is 674. The molecular formula is C18H21ClN2O3. The molecule has 2 aromatic rings. The molecule has 1 amide bonds. The number of hydrogen-bond donors (Lipinski definition) is 2. The van der Waals surface area contributed by atoms with Crippen LogP contribution < -0.4 is 15.4 Å². The van der Waals surface area contributed by atoms with E-state index < -0.39 is 0 Å².